The van der Waals surface area contributed by atoms with Crippen LogP contribution in [-0.4, -0.2) is 49.5 Å². The van der Waals surface area contributed by atoms with Crippen LogP contribution < -0.4 is 0 Å². The van der Waals surface area contributed by atoms with Gasteiger partial charge >= 0.3 is 6.18 Å². The molecule has 1 amide bonds. The average molecular weight is 410 g/mol. The number of nitrogens with zero attached hydrogens (tertiary/aromatic N) is 4. The highest BCUT2D eigenvalue weighted by Crippen LogP contribution is 2.31. The van der Waals surface area contributed by atoms with Crippen molar-refractivity contribution in [2.75, 3.05) is 6.54 Å². The molecule has 0 aromatic carbocycles. The highest BCUT2D eigenvalue weighted by Gasteiger charge is 2.40. The van der Waals surface area contributed by atoms with Crippen molar-refractivity contribution in [3.63, 3.8) is 0 Å². The molecule has 0 spiro atoms. The van der Waals surface area contributed by atoms with Gasteiger partial charge in [-0.2, -0.15) is 13.2 Å². The van der Waals surface area contributed by atoms with Gasteiger partial charge in [0.05, 0.1) is 19.1 Å². The largest absolute Gasteiger partial charge is 0.451 e. The molecule has 0 fully saturated rings. The van der Waals surface area contributed by atoms with Crippen LogP contribution in [0.5, 0.6) is 0 Å². The van der Waals surface area contributed by atoms with Crippen LogP contribution in [0.15, 0.2) is 23.8 Å². The molecule has 1 aliphatic carbocycles. The lowest BCUT2D eigenvalue weighted by molar-refractivity contribution is -0.148. The van der Waals surface area contributed by atoms with Crippen molar-refractivity contribution in [3.8, 4) is 0 Å². The molecule has 0 saturated carbocycles. The first-order valence-electron chi connectivity index (χ1n) is 8.40. The number of hydrogen-bond donors (Lipinski definition) is 1. The molecule has 1 aromatic heterocycles. The Bertz CT molecular complexity index is 819. The Balaban J connectivity index is 1.58. The fourth-order valence-corrected chi connectivity index (χ4v) is 3.21. The summed E-state index contributed by atoms with van der Waals surface area (Å²) in [6.45, 7) is -0.421. The van der Waals surface area contributed by atoms with Gasteiger partial charge in [-0.05, 0) is 18.6 Å². The number of alkyl halides is 4. The minimum Gasteiger partial charge on any atom is -0.393 e. The summed E-state index contributed by atoms with van der Waals surface area (Å²) >= 11 is 0. The second-order valence-corrected chi connectivity index (χ2v) is 6.64. The molecule has 28 heavy (non-hydrogen) atoms. The van der Waals surface area contributed by atoms with E-state index in [-0.39, 0.29) is 31.9 Å². The summed E-state index contributed by atoms with van der Waals surface area (Å²) in [4.78, 5) is 13.5. The van der Waals surface area contributed by atoms with Crippen LogP contribution >= 0.6 is 0 Å². The Hall–Kier alpha value is -2.37. The van der Waals surface area contributed by atoms with Crippen molar-refractivity contribution >= 4 is 5.91 Å². The molecule has 2 aliphatic rings. The average Bonchev–Trinajstić information content (AvgIpc) is 3.03. The number of carbonyl (C=O) groups is 1. The number of amides is 1. The maximum atomic E-state index is 13.7. The molecule has 0 radical (unpaired) electrons. The molecule has 1 N–H and O–H groups in total. The lowest BCUT2D eigenvalue weighted by Crippen LogP contribution is -2.40. The number of aliphatic hydroxyl groups excluding tert-OH is 1. The van der Waals surface area contributed by atoms with E-state index in [1.807, 2.05) is 0 Å². The van der Waals surface area contributed by atoms with E-state index in [9.17, 15) is 36.2 Å². The molecule has 3 unspecified atom stereocenters. The fraction of sp³-hybridized carbons (Fsp3) is 0.562. The SMILES string of the molecule is O=C(CC(O)CC1C=C(F)C(F)=CC1F)N1CCn2c(nnc2C(F)(F)F)C1. The number of aromatic nitrogens is 3. The summed E-state index contributed by atoms with van der Waals surface area (Å²) in [5.74, 6) is -5.43. The van der Waals surface area contributed by atoms with Gasteiger partial charge in [0.15, 0.2) is 17.5 Å². The van der Waals surface area contributed by atoms with Gasteiger partial charge in [-0.15, -0.1) is 10.2 Å². The monoisotopic (exact) mass is 410 g/mol. The van der Waals surface area contributed by atoms with Crippen LogP contribution in [0, 0.1) is 5.92 Å². The summed E-state index contributed by atoms with van der Waals surface area (Å²) < 4.78 is 79.3. The Morgan fingerprint density at radius 2 is 1.89 bits per heavy atom. The van der Waals surface area contributed by atoms with Crippen molar-refractivity contribution in [2.24, 2.45) is 5.92 Å². The maximum absolute atomic E-state index is 13.7. The predicted octanol–water partition coefficient (Wildman–Crippen LogP) is 2.45. The first-order chi connectivity index (χ1) is 13.1. The highest BCUT2D eigenvalue weighted by atomic mass is 19.4. The lowest BCUT2D eigenvalue weighted by Gasteiger charge is -2.29. The third-order valence-electron chi connectivity index (χ3n) is 4.62. The molecule has 6 nitrogen and oxygen atoms in total. The number of aliphatic hydroxyl groups is 1. The van der Waals surface area contributed by atoms with Crippen LogP contribution in [0.4, 0.5) is 26.3 Å². The molecule has 0 bridgehead atoms. The third-order valence-corrected chi connectivity index (χ3v) is 4.62. The van der Waals surface area contributed by atoms with Crippen molar-refractivity contribution < 1.29 is 36.2 Å². The van der Waals surface area contributed by atoms with Gasteiger partial charge in [-0.1, -0.05) is 0 Å². The smallest absolute Gasteiger partial charge is 0.393 e. The topological polar surface area (TPSA) is 71.2 Å². The van der Waals surface area contributed by atoms with Gasteiger partial charge in [0.2, 0.25) is 11.7 Å². The van der Waals surface area contributed by atoms with Gasteiger partial charge in [0.25, 0.3) is 0 Å². The molecular formula is C16H16F6N4O2. The van der Waals surface area contributed by atoms with E-state index in [1.54, 1.807) is 0 Å². The van der Waals surface area contributed by atoms with E-state index in [0.717, 1.165) is 10.6 Å². The Kier molecular flexibility index (Phi) is 5.50. The van der Waals surface area contributed by atoms with Crippen LogP contribution in [-0.2, 0) is 24.1 Å². The summed E-state index contributed by atoms with van der Waals surface area (Å²) in [5, 5.41) is 16.6. The summed E-state index contributed by atoms with van der Waals surface area (Å²) in [7, 11) is 0. The van der Waals surface area contributed by atoms with Gasteiger partial charge in [0, 0.05) is 19.0 Å². The number of halogens is 6. The summed E-state index contributed by atoms with van der Waals surface area (Å²) in [6, 6.07) is 0. The van der Waals surface area contributed by atoms with E-state index >= 15 is 0 Å². The molecular weight excluding hydrogens is 394 g/mol. The van der Waals surface area contributed by atoms with E-state index in [4.69, 9.17) is 0 Å². The molecule has 3 rings (SSSR count). The van der Waals surface area contributed by atoms with Crippen molar-refractivity contribution in [3.05, 3.63) is 35.5 Å². The van der Waals surface area contributed by atoms with Crippen LogP contribution in [0.2, 0.25) is 0 Å². The van der Waals surface area contributed by atoms with Crippen molar-refractivity contribution in [1.29, 1.82) is 0 Å². The number of fused-ring (bicyclic) bond motifs is 1. The van der Waals surface area contributed by atoms with Gasteiger partial charge in [-0.25, -0.2) is 13.2 Å². The second-order valence-electron chi connectivity index (χ2n) is 6.64. The van der Waals surface area contributed by atoms with E-state index in [2.05, 4.69) is 10.2 Å². The number of rotatable bonds is 4. The summed E-state index contributed by atoms with van der Waals surface area (Å²) in [5.41, 5.74) is 0. The van der Waals surface area contributed by atoms with Crippen molar-refractivity contribution in [1.82, 2.24) is 19.7 Å². The molecule has 1 aliphatic heterocycles. The van der Waals surface area contributed by atoms with Gasteiger partial charge in [0.1, 0.15) is 6.17 Å². The normalized spacial score (nSPS) is 23.8. The third kappa shape index (κ3) is 4.21. The number of carbonyl (C=O) groups excluding carboxylic acids is 1. The van der Waals surface area contributed by atoms with E-state index in [0.29, 0.717) is 6.08 Å². The molecule has 0 saturated heterocycles. The zero-order valence-corrected chi connectivity index (χ0v) is 14.3. The summed E-state index contributed by atoms with van der Waals surface area (Å²) in [6.07, 6.45) is -7.40. The Morgan fingerprint density at radius 1 is 1.21 bits per heavy atom. The predicted molar refractivity (Wildman–Crippen MR) is 82.4 cm³/mol. The molecule has 1 aromatic rings. The highest BCUT2D eigenvalue weighted by molar-refractivity contribution is 5.76. The zero-order chi connectivity index (χ0) is 20.6. The number of hydrogen-bond acceptors (Lipinski definition) is 4. The standard InChI is InChI=1S/C16H16F6N4O2/c17-10-6-12(19)11(18)4-8(10)3-9(27)5-14(28)25-1-2-26-13(7-25)23-24-15(26)16(20,21)22/h4,6,8-10,27H,1-3,5,7H2. The van der Waals surface area contributed by atoms with Gasteiger partial charge in [-0.3, -0.25) is 4.79 Å². The van der Waals surface area contributed by atoms with E-state index in [1.165, 1.54) is 4.90 Å². The molecule has 2 heterocycles. The minimum atomic E-state index is -4.66. The molecule has 12 heteroatoms. The number of allylic oxidation sites excluding steroid dienone is 4. The van der Waals surface area contributed by atoms with Gasteiger partial charge < -0.3 is 14.6 Å². The molecule has 154 valence electrons. The fourth-order valence-electron chi connectivity index (χ4n) is 3.21. The maximum Gasteiger partial charge on any atom is 0.451 e. The van der Waals surface area contributed by atoms with Crippen LogP contribution in [0.3, 0.4) is 0 Å². The quantitative estimate of drug-likeness (QED) is 0.775. The first kappa shape index (κ1) is 20.4. The lowest BCUT2D eigenvalue weighted by atomic mass is 9.91. The minimum absolute atomic E-state index is 0.0388. The molecule has 3 atom stereocenters. The first-order valence-corrected chi connectivity index (χ1v) is 8.40. The van der Waals surface area contributed by atoms with Crippen molar-refractivity contribution in [2.45, 2.75) is 44.4 Å². The van der Waals surface area contributed by atoms with Crippen LogP contribution in [0.25, 0.3) is 0 Å². The van der Waals surface area contributed by atoms with E-state index < -0.39 is 54.2 Å². The van der Waals surface area contributed by atoms with Crippen LogP contribution in [0.1, 0.15) is 24.5 Å². The zero-order valence-electron chi connectivity index (χ0n) is 14.3. The Labute approximate surface area is 155 Å². The second kappa shape index (κ2) is 7.57. The Morgan fingerprint density at radius 3 is 2.57 bits per heavy atom.